The number of aromatic carboxylic acids is 1. The second-order valence-corrected chi connectivity index (χ2v) is 4.60. The maximum absolute atomic E-state index is 10.8. The predicted molar refractivity (Wildman–Crippen MR) is 68.7 cm³/mol. The van der Waals surface area contributed by atoms with Gasteiger partial charge in [0.25, 0.3) is 0 Å². The van der Waals surface area contributed by atoms with Gasteiger partial charge in [0.1, 0.15) is 0 Å². The van der Waals surface area contributed by atoms with E-state index in [4.69, 9.17) is 5.11 Å². The van der Waals surface area contributed by atoms with Gasteiger partial charge in [-0.3, -0.25) is 0 Å². The van der Waals surface area contributed by atoms with Crippen molar-refractivity contribution in [2.24, 2.45) is 0 Å². The Balaban J connectivity index is 2.17. The lowest BCUT2D eigenvalue weighted by Crippen LogP contribution is -2.39. The van der Waals surface area contributed by atoms with Gasteiger partial charge in [-0.2, -0.15) is 0 Å². The van der Waals surface area contributed by atoms with Crippen LogP contribution in [-0.4, -0.2) is 23.7 Å². The van der Waals surface area contributed by atoms with Crippen LogP contribution in [0, 0.1) is 0 Å². The number of carboxylic acids is 1. The zero-order chi connectivity index (χ0) is 12.3. The van der Waals surface area contributed by atoms with E-state index in [1.807, 2.05) is 12.1 Å². The van der Waals surface area contributed by atoms with Crippen molar-refractivity contribution in [3.05, 3.63) is 29.8 Å². The van der Waals surface area contributed by atoms with Gasteiger partial charge in [0, 0.05) is 18.3 Å². The average molecular weight is 233 g/mol. The molecule has 1 N–H and O–H groups in total. The number of hydrogen-bond donors (Lipinski definition) is 1. The number of hydrogen-bond acceptors (Lipinski definition) is 2. The van der Waals surface area contributed by atoms with E-state index in [1.165, 1.54) is 19.3 Å². The number of piperidine rings is 1. The lowest BCUT2D eigenvalue weighted by atomic mass is 9.99. The molecule has 0 saturated carbocycles. The largest absolute Gasteiger partial charge is 0.478 e. The van der Waals surface area contributed by atoms with E-state index in [9.17, 15) is 4.79 Å². The Hall–Kier alpha value is -1.51. The highest BCUT2D eigenvalue weighted by molar-refractivity contribution is 5.88. The first-order valence-electron chi connectivity index (χ1n) is 6.32. The molecule has 1 heterocycles. The minimum atomic E-state index is -0.859. The van der Waals surface area contributed by atoms with E-state index >= 15 is 0 Å². The van der Waals surface area contributed by atoms with E-state index in [0.29, 0.717) is 11.6 Å². The van der Waals surface area contributed by atoms with Gasteiger partial charge in [0.15, 0.2) is 0 Å². The topological polar surface area (TPSA) is 40.5 Å². The second-order valence-electron chi connectivity index (χ2n) is 4.60. The van der Waals surface area contributed by atoms with Gasteiger partial charge in [0.2, 0.25) is 0 Å². The molecule has 3 nitrogen and oxygen atoms in total. The molecule has 1 fully saturated rings. The molecule has 0 radical (unpaired) electrons. The molecule has 1 saturated heterocycles. The van der Waals surface area contributed by atoms with Gasteiger partial charge < -0.3 is 10.0 Å². The van der Waals surface area contributed by atoms with Crippen LogP contribution in [0.25, 0.3) is 0 Å². The lowest BCUT2D eigenvalue weighted by Gasteiger charge is -2.37. The summed E-state index contributed by atoms with van der Waals surface area (Å²) in [6, 6.07) is 7.85. The molecule has 17 heavy (non-hydrogen) atoms. The summed E-state index contributed by atoms with van der Waals surface area (Å²) in [5.41, 5.74) is 1.51. The van der Waals surface area contributed by atoms with E-state index < -0.39 is 5.97 Å². The number of carbonyl (C=O) groups is 1. The molecule has 92 valence electrons. The third kappa shape index (κ3) is 2.60. The highest BCUT2D eigenvalue weighted by Crippen LogP contribution is 2.26. The molecule has 0 amide bonds. The van der Waals surface area contributed by atoms with Crippen molar-refractivity contribution in [3.8, 4) is 0 Å². The first-order valence-corrected chi connectivity index (χ1v) is 6.32. The maximum atomic E-state index is 10.8. The summed E-state index contributed by atoms with van der Waals surface area (Å²) in [4.78, 5) is 13.2. The Morgan fingerprint density at radius 3 is 2.65 bits per heavy atom. The number of nitrogens with zero attached hydrogens (tertiary/aromatic N) is 1. The molecule has 0 aliphatic carbocycles. The smallest absolute Gasteiger partial charge is 0.335 e. The van der Waals surface area contributed by atoms with Gasteiger partial charge in [-0.15, -0.1) is 0 Å². The van der Waals surface area contributed by atoms with Crippen LogP contribution in [0.4, 0.5) is 5.69 Å². The fourth-order valence-corrected chi connectivity index (χ4v) is 2.56. The molecule has 1 aromatic carbocycles. The van der Waals surface area contributed by atoms with Crippen molar-refractivity contribution in [2.75, 3.05) is 11.4 Å². The number of rotatable bonds is 3. The Morgan fingerprint density at radius 2 is 2.06 bits per heavy atom. The van der Waals surface area contributed by atoms with Crippen LogP contribution >= 0.6 is 0 Å². The average Bonchev–Trinajstić information content (AvgIpc) is 2.39. The van der Waals surface area contributed by atoms with Crippen molar-refractivity contribution in [1.82, 2.24) is 0 Å². The molecule has 0 spiro atoms. The lowest BCUT2D eigenvalue weighted by molar-refractivity contribution is 0.0697. The van der Waals surface area contributed by atoms with Gasteiger partial charge in [-0.1, -0.05) is 6.92 Å². The van der Waals surface area contributed by atoms with Crippen molar-refractivity contribution < 1.29 is 9.90 Å². The zero-order valence-electron chi connectivity index (χ0n) is 10.2. The molecule has 1 atom stereocenters. The third-order valence-electron chi connectivity index (χ3n) is 3.54. The standard InChI is InChI=1S/C14H19NO2/c1-2-12-5-3-4-10-15(12)13-8-6-11(7-9-13)14(16)17/h6-9,12H,2-5,10H2,1H3,(H,16,17)/t12-/m1/s1. The number of benzene rings is 1. The maximum Gasteiger partial charge on any atom is 0.335 e. The SMILES string of the molecule is CC[C@@H]1CCCCN1c1ccc(C(=O)O)cc1. The van der Waals surface area contributed by atoms with Crippen LogP contribution in [0.5, 0.6) is 0 Å². The van der Waals surface area contributed by atoms with Crippen LogP contribution in [-0.2, 0) is 0 Å². The summed E-state index contributed by atoms with van der Waals surface area (Å²) < 4.78 is 0. The summed E-state index contributed by atoms with van der Waals surface area (Å²) in [5, 5.41) is 8.87. The summed E-state index contributed by atoms with van der Waals surface area (Å²) in [5.74, 6) is -0.859. The Morgan fingerprint density at radius 1 is 1.35 bits per heavy atom. The van der Waals surface area contributed by atoms with E-state index in [1.54, 1.807) is 12.1 Å². The Labute approximate surface area is 102 Å². The van der Waals surface area contributed by atoms with Crippen LogP contribution in [0.1, 0.15) is 43.0 Å². The fourth-order valence-electron chi connectivity index (χ4n) is 2.56. The zero-order valence-corrected chi connectivity index (χ0v) is 10.2. The number of carboxylic acid groups (broad SMARTS) is 1. The molecular formula is C14H19NO2. The third-order valence-corrected chi connectivity index (χ3v) is 3.54. The molecule has 1 aromatic rings. The van der Waals surface area contributed by atoms with Crippen LogP contribution in [0.2, 0.25) is 0 Å². The summed E-state index contributed by atoms with van der Waals surface area (Å²) in [6.07, 6.45) is 4.94. The first-order chi connectivity index (χ1) is 8.22. The first kappa shape index (κ1) is 12.0. The van der Waals surface area contributed by atoms with Crippen LogP contribution in [0.15, 0.2) is 24.3 Å². The second kappa shape index (κ2) is 5.21. The highest BCUT2D eigenvalue weighted by atomic mass is 16.4. The van der Waals surface area contributed by atoms with E-state index in [0.717, 1.165) is 18.7 Å². The molecular weight excluding hydrogens is 214 g/mol. The molecule has 0 aromatic heterocycles. The summed E-state index contributed by atoms with van der Waals surface area (Å²) >= 11 is 0. The minimum Gasteiger partial charge on any atom is -0.478 e. The van der Waals surface area contributed by atoms with Gasteiger partial charge in [-0.05, 0) is 49.9 Å². The normalized spacial score (nSPS) is 20.3. The van der Waals surface area contributed by atoms with Crippen molar-refractivity contribution in [2.45, 2.75) is 38.6 Å². The van der Waals surface area contributed by atoms with Crippen molar-refractivity contribution >= 4 is 11.7 Å². The Bertz CT molecular complexity index is 386. The molecule has 0 unspecified atom stereocenters. The van der Waals surface area contributed by atoms with E-state index in [-0.39, 0.29) is 0 Å². The molecule has 1 aliphatic heterocycles. The van der Waals surface area contributed by atoms with Crippen LogP contribution in [0.3, 0.4) is 0 Å². The summed E-state index contributed by atoms with van der Waals surface area (Å²) in [6.45, 7) is 3.31. The van der Waals surface area contributed by atoms with E-state index in [2.05, 4.69) is 11.8 Å². The minimum absolute atomic E-state index is 0.360. The van der Waals surface area contributed by atoms with Gasteiger partial charge in [0.05, 0.1) is 5.56 Å². The monoisotopic (exact) mass is 233 g/mol. The van der Waals surface area contributed by atoms with Crippen molar-refractivity contribution in [3.63, 3.8) is 0 Å². The number of anilines is 1. The van der Waals surface area contributed by atoms with Crippen molar-refractivity contribution in [1.29, 1.82) is 0 Å². The summed E-state index contributed by atoms with van der Waals surface area (Å²) in [7, 11) is 0. The Kier molecular flexibility index (Phi) is 3.67. The van der Waals surface area contributed by atoms with Crippen LogP contribution < -0.4 is 4.90 Å². The predicted octanol–water partition coefficient (Wildman–Crippen LogP) is 3.15. The molecule has 2 rings (SSSR count). The highest BCUT2D eigenvalue weighted by Gasteiger charge is 2.20. The van der Waals surface area contributed by atoms with Gasteiger partial charge in [-0.25, -0.2) is 4.79 Å². The van der Waals surface area contributed by atoms with Gasteiger partial charge >= 0.3 is 5.97 Å². The molecule has 1 aliphatic rings. The quantitative estimate of drug-likeness (QED) is 0.871. The fraction of sp³-hybridized carbons (Fsp3) is 0.500. The molecule has 0 bridgehead atoms. The molecule has 3 heteroatoms.